The summed E-state index contributed by atoms with van der Waals surface area (Å²) in [7, 11) is 0. The Hall–Kier alpha value is -1.35. The van der Waals surface area contributed by atoms with Gasteiger partial charge in [0.25, 0.3) is 0 Å². The van der Waals surface area contributed by atoms with Crippen molar-refractivity contribution in [2.24, 2.45) is 17.1 Å². The standard InChI is InChI=1S/C16H23NO2/c1-11(2)8-16(10-17,15(18)19)9-13-7-12-5-3-4-6-14(12)13/h3-6,11,13H,7-10,17H2,1-2H3,(H,18,19). The van der Waals surface area contributed by atoms with Crippen LogP contribution in [0.1, 0.15) is 43.7 Å². The van der Waals surface area contributed by atoms with Gasteiger partial charge >= 0.3 is 5.97 Å². The maximum Gasteiger partial charge on any atom is 0.310 e. The average molecular weight is 261 g/mol. The van der Waals surface area contributed by atoms with Crippen molar-refractivity contribution >= 4 is 5.97 Å². The Kier molecular flexibility index (Phi) is 3.95. The van der Waals surface area contributed by atoms with Crippen molar-refractivity contribution in [2.45, 2.75) is 39.0 Å². The highest BCUT2D eigenvalue weighted by molar-refractivity contribution is 5.75. The monoisotopic (exact) mass is 261 g/mol. The van der Waals surface area contributed by atoms with Gasteiger partial charge in [0, 0.05) is 6.54 Å². The molecule has 0 aromatic heterocycles. The van der Waals surface area contributed by atoms with Crippen LogP contribution in [0.2, 0.25) is 0 Å². The first kappa shape index (κ1) is 14.1. The fourth-order valence-corrected chi connectivity index (χ4v) is 3.31. The molecule has 0 radical (unpaired) electrons. The van der Waals surface area contributed by atoms with E-state index >= 15 is 0 Å². The molecule has 1 aliphatic carbocycles. The maximum absolute atomic E-state index is 11.7. The summed E-state index contributed by atoms with van der Waals surface area (Å²) >= 11 is 0. The lowest BCUT2D eigenvalue weighted by Crippen LogP contribution is -2.42. The molecule has 0 heterocycles. The minimum atomic E-state index is -0.771. The third-order valence-electron chi connectivity index (χ3n) is 4.24. The predicted molar refractivity (Wildman–Crippen MR) is 76.1 cm³/mol. The van der Waals surface area contributed by atoms with Crippen molar-refractivity contribution in [3.05, 3.63) is 35.4 Å². The van der Waals surface area contributed by atoms with E-state index in [0.29, 0.717) is 24.7 Å². The molecular weight excluding hydrogens is 238 g/mol. The number of nitrogens with two attached hydrogens (primary N) is 1. The molecule has 0 bridgehead atoms. The number of benzene rings is 1. The number of hydrogen-bond donors (Lipinski definition) is 2. The smallest absolute Gasteiger partial charge is 0.310 e. The van der Waals surface area contributed by atoms with Gasteiger partial charge in [-0.05, 0) is 42.2 Å². The number of hydrogen-bond acceptors (Lipinski definition) is 2. The second-order valence-corrected chi connectivity index (χ2v) is 6.19. The summed E-state index contributed by atoms with van der Waals surface area (Å²) in [5.41, 5.74) is 7.72. The zero-order valence-corrected chi connectivity index (χ0v) is 11.7. The van der Waals surface area contributed by atoms with E-state index in [2.05, 4.69) is 26.0 Å². The van der Waals surface area contributed by atoms with Crippen molar-refractivity contribution in [1.82, 2.24) is 0 Å². The van der Waals surface area contributed by atoms with Crippen molar-refractivity contribution in [1.29, 1.82) is 0 Å². The summed E-state index contributed by atoms with van der Waals surface area (Å²) in [6.07, 6.45) is 2.30. The molecule has 1 aliphatic rings. The molecule has 0 saturated heterocycles. The van der Waals surface area contributed by atoms with Crippen LogP contribution >= 0.6 is 0 Å². The van der Waals surface area contributed by atoms with E-state index in [9.17, 15) is 9.90 Å². The second-order valence-electron chi connectivity index (χ2n) is 6.19. The third kappa shape index (κ3) is 2.66. The van der Waals surface area contributed by atoms with Crippen LogP contribution in [0, 0.1) is 11.3 Å². The summed E-state index contributed by atoms with van der Waals surface area (Å²) in [5.74, 6) is -0.0438. The minimum absolute atomic E-state index is 0.221. The Bertz CT molecular complexity index is 470. The average Bonchev–Trinajstić information content (AvgIpc) is 2.33. The SMILES string of the molecule is CC(C)CC(CN)(CC1Cc2ccccc21)C(=O)O. The van der Waals surface area contributed by atoms with Crippen molar-refractivity contribution < 1.29 is 9.90 Å². The summed E-state index contributed by atoms with van der Waals surface area (Å²) < 4.78 is 0. The van der Waals surface area contributed by atoms with E-state index in [1.165, 1.54) is 11.1 Å². The van der Waals surface area contributed by atoms with E-state index in [1.807, 2.05) is 12.1 Å². The number of carbonyl (C=O) groups is 1. The number of fused-ring (bicyclic) bond motifs is 1. The molecule has 2 unspecified atom stereocenters. The molecule has 3 heteroatoms. The summed E-state index contributed by atoms with van der Waals surface area (Å²) in [6.45, 7) is 4.34. The molecule has 2 atom stereocenters. The lowest BCUT2D eigenvalue weighted by Gasteiger charge is -2.38. The molecule has 3 N–H and O–H groups in total. The Balaban J connectivity index is 2.16. The van der Waals surface area contributed by atoms with Crippen LogP contribution in [0.25, 0.3) is 0 Å². The van der Waals surface area contributed by atoms with Crippen LogP contribution in [0.3, 0.4) is 0 Å². The number of rotatable bonds is 6. The van der Waals surface area contributed by atoms with Gasteiger partial charge in [-0.15, -0.1) is 0 Å². The maximum atomic E-state index is 11.7. The summed E-state index contributed by atoms with van der Waals surface area (Å²) in [6, 6.07) is 8.30. The van der Waals surface area contributed by atoms with Gasteiger partial charge in [0.05, 0.1) is 5.41 Å². The first-order valence-corrected chi connectivity index (χ1v) is 7.00. The Morgan fingerprint density at radius 3 is 2.68 bits per heavy atom. The van der Waals surface area contributed by atoms with E-state index in [0.717, 1.165) is 6.42 Å². The Morgan fingerprint density at radius 2 is 2.16 bits per heavy atom. The van der Waals surface area contributed by atoms with Gasteiger partial charge < -0.3 is 10.8 Å². The van der Waals surface area contributed by atoms with Crippen LogP contribution in [-0.4, -0.2) is 17.6 Å². The Morgan fingerprint density at radius 1 is 1.47 bits per heavy atom. The normalized spacial score (nSPS) is 20.5. The highest BCUT2D eigenvalue weighted by atomic mass is 16.4. The van der Waals surface area contributed by atoms with E-state index < -0.39 is 11.4 Å². The van der Waals surface area contributed by atoms with Gasteiger partial charge in [-0.25, -0.2) is 0 Å². The van der Waals surface area contributed by atoms with Crippen molar-refractivity contribution in [3.63, 3.8) is 0 Å². The van der Waals surface area contributed by atoms with Crippen LogP contribution in [0.15, 0.2) is 24.3 Å². The molecule has 3 nitrogen and oxygen atoms in total. The van der Waals surface area contributed by atoms with Crippen LogP contribution in [0.5, 0.6) is 0 Å². The van der Waals surface area contributed by atoms with Gasteiger partial charge in [0.1, 0.15) is 0 Å². The van der Waals surface area contributed by atoms with Crippen molar-refractivity contribution in [3.8, 4) is 0 Å². The number of carboxylic acid groups (broad SMARTS) is 1. The molecule has 0 aliphatic heterocycles. The van der Waals surface area contributed by atoms with Gasteiger partial charge in [-0.1, -0.05) is 38.1 Å². The lowest BCUT2D eigenvalue weighted by molar-refractivity contribution is -0.150. The van der Waals surface area contributed by atoms with Gasteiger partial charge in [-0.3, -0.25) is 4.79 Å². The molecule has 0 fully saturated rings. The van der Waals surface area contributed by atoms with Gasteiger partial charge in [0.2, 0.25) is 0 Å². The predicted octanol–water partition coefficient (Wildman–Crippen LogP) is 2.79. The molecule has 1 aromatic carbocycles. The number of carboxylic acids is 1. The molecule has 0 amide bonds. The highest BCUT2D eigenvalue weighted by Gasteiger charge is 2.42. The molecule has 1 aromatic rings. The fraction of sp³-hybridized carbons (Fsp3) is 0.562. The first-order valence-electron chi connectivity index (χ1n) is 7.00. The molecular formula is C16H23NO2. The molecule has 2 rings (SSSR count). The van der Waals surface area contributed by atoms with Crippen LogP contribution in [-0.2, 0) is 11.2 Å². The summed E-state index contributed by atoms with van der Waals surface area (Å²) in [5, 5.41) is 9.61. The van der Waals surface area contributed by atoms with E-state index in [-0.39, 0.29) is 6.54 Å². The zero-order chi connectivity index (χ0) is 14.0. The molecule has 0 spiro atoms. The minimum Gasteiger partial charge on any atom is -0.481 e. The lowest BCUT2D eigenvalue weighted by atomic mass is 9.66. The molecule has 19 heavy (non-hydrogen) atoms. The quantitative estimate of drug-likeness (QED) is 0.827. The molecule has 104 valence electrons. The third-order valence-corrected chi connectivity index (χ3v) is 4.24. The second kappa shape index (κ2) is 5.33. The van der Waals surface area contributed by atoms with E-state index in [4.69, 9.17) is 5.73 Å². The van der Waals surface area contributed by atoms with Gasteiger partial charge in [0.15, 0.2) is 0 Å². The number of aliphatic carboxylic acids is 1. The highest BCUT2D eigenvalue weighted by Crippen LogP contribution is 2.44. The fourth-order valence-electron chi connectivity index (χ4n) is 3.31. The first-order chi connectivity index (χ1) is 8.98. The zero-order valence-electron chi connectivity index (χ0n) is 11.7. The van der Waals surface area contributed by atoms with Crippen LogP contribution < -0.4 is 5.73 Å². The Labute approximate surface area is 114 Å². The van der Waals surface area contributed by atoms with Crippen LogP contribution in [0.4, 0.5) is 0 Å². The molecule has 0 saturated carbocycles. The summed E-state index contributed by atoms with van der Waals surface area (Å²) in [4.78, 5) is 11.7. The van der Waals surface area contributed by atoms with Crippen molar-refractivity contribution in [2.75, 3.05) is 6.54 Å². The van der Waals surface area contributed by atoms with Gasteiger partial charge in [-0.2, -0.15) is 0 Å². The largest absolute Gasteiger partial charge is 0.481 e. The van der Waals surface area contributed by atoms with E-state index in [1.54, 1.807) is 0 Å². The topological polar surface area (TPSA) is 63.3 Å².